The number of nitrogens with one attached hydrogen (secondary N) is 1. The zero-order valence-electron chi connectivity index (χ0n) is 11.3. The van der Waals surface area contributed by atoms with E-state index in [1.165, 1.54) is 0 Å². The van der Waals surface area contributed by atoms with Crippen molar-refractivity contribution >= 4 is 23.3 Å². The molecule has 0 atom stereocenters. The molecule has 1 N–H and O–H groups in total. The lowest BCUT2D eigenvalue weighted by Crippen LogP contribution is -2.02. The smallest absolute Gasteiger partial charge is 0.178 e. The molecule has 0 fully saturated rings. The molecule has 6 heteroatoms. The number of rotatable bonds is 3. The molecule has 0 saturated carbocycles. The summed E-state index contributed by atoms with van der Waals surface area (Å²) in [6.07, 6.45) is 3.53. The number of H-pyrrole nitrogens is 1. The van der Waals surface area contributed by atoms with Gasteiger partial charge in [0.25, 0.3) is 0 Å². The molecule has 1 aromatic carbocycles. The molecule has 0 aliphatic rings. The highest BCUT2D eigenvalue weighted by molar-refractivity contribution is 7.71. The number of aryl methyl sites for hydroxylation is 1. The van der Waals surface area contributed by atoms with Crippen molar-refractivity contribution in [3.63, 3.8) is 0 Å². The van der Waals surface area contributed by atoms with Gasteiger partial charge in [0.05, 0.1) is 36.8 Å². The molecule has 0 bridgehead atoms. The summed E-state index contributed by atoms with van der Waals surface area (Å²) in [5, 5.41) is 0. The first-order valence-electron chi connectivity index (χ1n) is 6.22. The van der Waals surface area contributed by atoms with Crippen LogP contribution in [0.5, 0.6) is 5.75 Å². The molecule has 2 aromatic heterocycles. The van der Waals surface area contributed by atoms with Gasteiger partial charge in [0.15, 0.2) is 4.77 Å². The number of imidazole rings is 1. The monoisotopic (exact) mass is 286 g/mol. The van der Waals surface area contributed by atoms with Crippen LogP contribution in [-0.4, -0.2) is 26.6 Å². The Morgan fingerprint density at radius 2 is 2.15 bits per heavy atom. The lowest BCUT2D eigenvalue weighted by atomic mass is 10.3. The van der Waals surface area contributed by atoms with Gasteiger partial charge in [-0.2, -0.15) is 0 Å². The van der Waals surface area contributed by atoms with Gasteiger partial charge < -0.3 is 14.3 Å². The van der Waals surface area contributed by atoms with Crippen LogP contribution in [0.1, 0.15) is 11.4 Å². The number of hydrogen-bond donors (Lipinski definition) is 1. The molecular weight excluding hydrogens is 272 g/mol. The first-order chi connectivity index (χ1) is 9.69. The maximum Gasteiger partial charge on any atom is 0.178 e. The largest absolute Gasteiger partial charge is 0.494 e. The van der Waals surface area contributed by atoms with E-state index in [2.05, 4.69) is 15.0 Å². The average molecular weight is 286 g/mol. The van der Waals surface area contributed by atoms with E-state index in [-0.39, 0.29) is 0 Å². The van der Waals surface area contributed by atoms with Crippen LogP contribution in [0, 0.1) is 11.7 Å². The summed E-state index contributed by atoms with van der Waals surface area (Å²) in [6.45, 7) is 2.50. The summed E-state index contributed by atoms with van der Waals surface area (Å²) in [6, 6.07) is 5.86. The number of para-hydroxylation sites is 1. The van der Waals surface area contributed by atoms with Crippen molar-refractivity contribution in [3.8, 4) is 5.75 Å². The normalized spacial score (nSPS) is 10.9. The number of ether oxygens (including phenoxy) is 1. The van der Waals surface area contributed by atoms with Crippen LogP contribution in [0.4, 0.5) is 0 Å². The van der Waals surface area contributed by atoms with Crippen molar-refractivity contribution in [2.75, 3.05) is 7.11 Å². The van der Waals surface area contributed by atoms with E-state index in [9.17, 15) is 0 Å². The molecule has 102 valence electrons. The second kappa shape index (κ2) is 5.05. The molecule has 2 heterocycles. The second-order valence-corrected chi connectivity index (χ2v) is 4.91. The molecule has 0 aliphatic heterocycles. The fourth-order valence-corrected chi connectivity index (χ4v) is 2.41. The van der Waals surface area contributed by atoms with Gasteiger partial charge in [0, 0.05) is 6.20 Å². The third-order valence-corrected chi connectivity index (χ3v) is 3.47. The minimum absolute atomic E-state index is 0.583. The molecule has 0 unspecified atom stereocenters. The predicted molar refractivity (Wildman–Crippen MR) is 79.5 cm³/mol. The number of methoxy groups -OCH3 is 1. The molecule has 0 radical (unpaired) electrons. The van der Waals surface area contributed by atoms with Crippen molar-refractivity contribution < 1.29 is 4.74 Å². The summed E-state index contributed by atoms with van der Waals surface area (Å²) >= 11 is 5.39. The summed E-state index contributed by atoms with van der Waals surface area (Å²) in [5.74, 6) is 0.780. The van der Waals surface area contributed by atoms with Gasteiger partial charge in [0.1, 0.15) is 11.3 Å². The Balaban J connectivity index is 2.10. The van der Waals surface area contributed by atoms with Gasteiger partial charge in [-0.3, -0.25) is 9.97 Å². The maximum absolute atomic E-state index is 5.39. The summed E-state index contributed by atoms with van der Waals surface area (Å²) in [4.78, 5) is 11.8. The molecule has 3 aromatic rings. The van der Waals surface area contributed by atoms with Gasteiger partial charge in [0.2, 0.25) is 0 Å². The summed E-state index contributed by atoms with van der Waals surface area (Å²) in [7, 11) is 1.65. The average Bonchev–Trinajstić information content (AvgIpc) is 2.77. The van der Waals surface area contributed by atoms with Crippen molar-refractivity contribution in [3.05, 3.63) is 46.8 Å². The topological polar surface area (TPSA) is 55.7 Å². The van der Waals surface area contributed by atoms with E-state index in [4.69, 9.17) is 17.0 Å². The molecule has 20 heavy (non-hydrogen) atoms. The van der Waals surface area contributed by atoms with E-state index < -0.39 is 0 Å². The molecule has 0 spiro atoms. The molecule has 3 rings (SSSR count). The van der Waals surface area contributed by atoms with Crippen molar-refractivity contribution in [2.45, 2.75) is 13.5 Å². The lowest BCUT2D eigenvalue weighted by molar-refractivity contribution is 0.419. The van der Waals surface area contributed by atoms with E-state index in [1.54, 1.807) is 19.5 Å². The van der Waals surface area contributed by atoms with Gasteiger partial charge >= 0.3 is 0 Å². The Morgan fingerprint density at radius 1 is 1.30 bits per heavy atom. The van der Waals surface area contributed by atoms with Crippen LogP contribution in [0.15, 0.2) is 30.6 Å². The number of nitrogens with zero attached hydrogens (tertiary/aromatic N) is 3. The van der Waals surface area contributed by atoms with Gasteiger partial charge in [-0.15, -0.1) is 0 Å². The van der Waals surface area contributed by atoms with Crippen LogP contribution in [-0.2, 0) is 6.54 Å². The highest BCUT2D eigenvalue weighted by atomic mass is 32.1. The van der Waals surface area contributed by atoms with Crippen molar-refractivity contribution in [2.24, 2.45) is 0 Å². The quantitative estimate of drug-likeness (QED) is 0.752. The number of aromatic nitrogens is 4. The number of fused-ring (bicyclic) bond motifs is 1. The fraction of sp³-hybridized carbons (Fsp3) is 0.214. The van der Waals surface area contributed by atoms with Crippen LogP contribution in [0.25, 0.3) is 11.0 Å². The number of hydrogen-bond acceptors (Lipinski definition) is 4. The van der Waals surface area contributed by atoms with E-state index in [1.807, 2.05) is 29.7 Å². The molecule has 5 nitrogen and oxygen atoms in total. The SMILES string of the molecule is COc1cccc2c1[nH]c(=S)n2Cc1cnc(C)cn1. The first kappa shape index (κ1) is 12.8. The first-order valence-corrected chi connectivity index (χ1v) is 6.63. The van der Waals surface area contributed by atoms with Crippen LogP contribution in [0.2, 0.25) is 0 Å². The molecule has 0 amide bonds. The zero-order valence-corrected chi connectivity index (χ0v) is 12.1. The minimum atomic E-state index is 0.583. The third kappa shape index (κ3) is 2.18. The summed E-state index contributed by atoms with van der Waals surface area (Å²) in [5.41, 5.74) is 3.67. The zero-order chi connectivity index (χ0) is 14.1. The Labute approximate surface area is 121 Å². The van der Waals surface area contributed by atoms with Gasteiger partial charge in [-0.05, 0) is 31.3 Å². The minimum Gasteiger partial charge on any atom is -0.494 e. The van der Waals surface area contributed by atoms with Crippen molar-refractivity contribution in [1.29, 1.82) is 0 Å². The van der Waals surface area contributed by atoms with Crippen LogP contribution in [0.3, 0.4) is 0 Å². The van der Waals surface area contributed by atoms with E-state index >= 15 is 0 Å². The van der Waals surface area contributed by atoms with Crippen molar-refractivity contribution in [1.82, 2.24) is 19.5 Å². The van der Waals surface area contributed by atoms with Crippen LogP contribution < -0.4 is 4.74 Å². The van der Waals surface area contributed by atoms with E-state index in [0.29, 0.717) is 11.3 Å². The predicted octanol–water partition coefficient (Wildman–Crippen LogP) is 2.85. The third-order valence-electron chi connectivity index (χ3n) is 3.15. The number of benzene rings is 1. The Hall–Kier alpha value is -2.21. The Morgan fingerprint density at radius 3 is 2.85 bits per heavy atom. The lowest BCUT2D eigenvalue weighted by Gasteiger charge is -2.05. The van der Waals surface area contributed by atoms with Gasteiger partial charge in [-0.1, -0.05) is 6.07 Å². The van der Waals surface area contributed by atoms with E-state index in [0.717, 1.165) is 28.2 Å². The molecular formula is C14H14N4OS. The molecule has 0 aliphatic carbocycles. The number of aromatic amines is 1. The maximum atomic E-state index is 5.39. The Kier molecular flexibility index (Phi) is 3.23. The summed E-state index contributed by atoms with van der Waals surface area (Å²) < 4.78 is 7.98. The second-order valence-electron chi connectivity index (χ2n) is 4.52. The highest BCUT2D eigenvalue weighted by Crippen LogP contribution is 2.24. The van der Waals surface area contributed by atoms with Gasteiger partial charge in [-0.25, -0.2) is 0 Å². The Bertz CT molecular complexity index is 804. The highest BCUT2D eigenvalue weighted by Gasteiger charge is 2.09. The fourth-order valence-electron chi connectivity index (χ4n) is 2.14. The standard InChI is InChI=1S/C14H14N4OS/c1-9-6-16-10(7-15-9)8-18-11-4-3-5-12(19-2)13(11)17-14(18)20/h3-7H,8H2,1-2H3,(H,17,20). The van der Waals surface area contributed by atoms with Crippen LogP contribution >= 0.6 is 12.2 Å². The molecule has 0 saturated heterocycles.